The normalized spacial score (nSPS) is 9.42. The summed E-state index contributed by atoms with van der Waals surface area (Å²) in [6, 6.07) is 5.44. The fourth-order valence-electron chi connectivity index (χ4n) is 0.934. The van der Waals surface area contributed by atoms with Gasteiger partial charge < -0.3 is 5.11 Å². The summed E-state index contributed by atoms with van der Waals surface area (Å²) < 4.78 is 1.53. The molecule has 0 atom stereocenters. The number of aryl methyl sites for hydroxylation is 1. The first-order chi connectivity index (χ1) is 5.63. The molecule has 0 fully saturated rings. The van der Waals surface area contributed by atoms with Crippen molar-refractivity contribution in [3.05, 3.63) is 36.7 Å². The van der Waals surface area contributed by atoms with Gasteiger partial charge in [0.1, 0.15) is 0 Å². The lowest BCUT2D eigenvalue weighted by atomic mass is 10.3. The first kappa shape index (κ1) is 8.46. The molecule has 0 aromatic carbocycles. The van der Waals surface area contributed by atoms with Crippen LogP contribution in [-0.4, -0.2) is 11.1 Å². The van der Waals surface area contributed by atoms with Crippen molar-refractivity contribution in [3.63, 3.8) is 0 Å². The van der Waals surface area contributed by atoms with Gasteiger partial charge in [0.25, 0.3) is 5.70 Å². The molecule has 0 amide bonds. The maximum absolute atomic E-state index is 10.5. The minimum Gasteiger partial charge on any atom is -0.473 e. The molecule has 1 heterocycles. The molecule has 0 aliphatic heterocycles. The number of carbonyl (C=O) groups is 1. The zero-order valence-electron chi connectivity index (χ0n) is 6.82. The Morgan fingerprint density at radius 3 is 2.75 bits per heavy atom. The molecule has 0 spiro atoms. The van der Waals surface area contributed by atoms with Crippen molar-refractivity contribution in [1.29, 1.82) is 0 Å². The molecule has 1 aromatic heterocycles. The second kappa shape index (κ2) is 3.17. The number of carboxylic acid groups (broad SMARTS) is 1. The van der Waals surface area contributed by atoms with Crippen molar-refractivity contribution in [1.82, 2.24) is 0 Å². The fraction of sp³-hybridized carbons (Fsp3) is 0.111. The van der Waals surface area contributed by atoms with E-state index in [0.29, 0.717) is 0 Å². The topological polar surface area (TPSA) is 41.2 Å². The van der Waals surface area contributed by atoms with Crippen LogP contribution in [0.5, 0.6) is 0 Å². The van der Waals surface area contributed by atoms with E-state index in [-0.39, 0.29) is 5.70 Å². The molecule has 62 valence electrons. The van der Waals surface area contributed by atoms with Gasteiger partial charge >= 0.3 is 5.97 Å². The molecule has 0 aliphatic rings. The third-order valence-corrected chi connectivity index (χ3v) is 1.60. The summed E-state index contributed by atoms with van der Waals surface area (Å²) in [5, 5.41) is 8.64. The Morgan fingerprint density at radius 1 is 1.58 bits per heavy atom. The van der Waals surface area contributed by atoms with Crippen molar-refractivity contribution in [2.45, 2.75) is 6.92 Å². The lowest BCUT2D eigenvalue weighted by Crippen LogP contribution is -2.38. The highest BCUT2D eigenvalue weighted by Crippen LogP contribution is 1.94. The van der Waals surface area contributed by atoms with Crippen LogP contribution in [0.3, 0.4) is 0 Å². The summed E-state index contributed by atoms with van der Waals surface area (Å²) in [7, 11) is 0. The van der Waals surface area contributed by atoms with Crippen molar-refractivity contribution < 1.29 is 14.5 Å². The van der Waals surface area contributed by atoms with Gasteiger partial charge in [-0.15, -0.1) is 0 Å². The lowest BCUT2D eigenvalue weighted by Gasteiger charge is -1.96. The van der Waals surface area contributed by atoms with E-state index in [1.165, 1.54) is 4.57 Å². The summed E-state index contributed by atoms with van der Waals surface area (Å²) in [6.07, 6.45) is 1.67. The second-order valence-corrected chi connectivity index (χ2v) is 2.46. The third-order valence-electron chi connectivity index (χ3n) is 1.60. The predicted molar refractivity (Wildman–Crippen MR) is 44.3 cm³/mol. The summed E-state index contributed by atoms with van der Waals surface area (Å²) in [6.45, 7) is 5.28. The van der Waals surface area contributed by atoms with Crippen LogP contribution in [0.15, 0.2) is 31.0 Å². The highest BCUT2D eigenvalue weighted by molar-refractivity contribution is 6.03. The number of carboxylic acids is 1. The number of nitrogens with zero attached hydrogens (tertiary/aromatic N) is 1. The molecule has 12 heavy (non-hydrogen) atoms. The van der Waals surface area contributed by atoms with Gasteiger partial charge in [0.05, 0.1) is 0 Å². The second-order valence-electron chi connectivity index (χ2n) is 2.46. The maximum atomic E-state index is 10.5. The zero-order valence-corrected chi connectivity index (χ0v) is 6.82. The van der Waals surface area contributed by atoms with Gasteiger partial charge in [-0.25, -0.2) is 4.79 Å². The van der Waals surface area contributed by atoms with Crippen molar-refractivity contribution >= 4 is 11.7 Å². The first-order valence-corrected chi connectivity index (χ1v) is 3.53. The van der Waals surface area contributed by atoms with Gasteiger partial charge in [-0.05, 0) is 6.58 Å². The molecule has 0 bridgehead atoms. The summed E-state index contributed by atoms with van der Waals surface area (Å²) in [5.74, 6) is -1.01. The van der Waals surface area contributed by atoms with Crippen LogP contribution in [-0.2, 0) is 4.79 Å². The number of aromatic nitrogens is 1. The third kappa shape index (κ3) is 1.50. The van der Waals surface area contributed by atoms with E-state index in [1.54, 1.807) is 12.3 Å². The number of rotatable bonds is 2. The quantitative estimate of drug-likeness (QED) is 0.519. The molecule has 1 aromatic rings. The zero-order chi connectivity index (χ0) is 9.14. The highest BCUT2D eigenvalue weighted by atomic mass is 16.4. The smallest absolute Gasteiger partial charge is 0.401 e. The van der Waals surface area contributed by atoms with E-state index >= 15 is 0 Å². The molecular weight excluding hydrogens is 154 g/mol. The monoisotopic (exact) mass is 164 g/mol. The Labute approximate surface area is 70.6 Å². The van der Waals surface area contributed by atoms with Crippen LogP contribution >= 0.6 is 0 Å². The average Bonchev–Trinajstić information content (AvgIpc) is 2.04. The van der Waals surface area contributed by atoms with Gasteiger partial charge in [-0.3, -0.25) is 0 Å². The van der Waals surface area contributed by atoms with Crippen LogP contribution in [0.2, 0.25) is 0 Å². The highest BCUT2D eigenvalue weighted by Gasteiger charge is 2.16. The maximum Gasteiger partial charge on any atom is 0.401 e. The van der Waals surface area contributed by atoms with Crippen LogP contribution in [0.1, 0.15) is 5.69 Å². The van der Waals surface area contributed by atoms with Crippen molar-refractivity contribution in [3.8, 4) is 0 Å². The summed E-state index contributed by atoms with van der Waals surface area (Å²) in [5.41, 5.74) is 0.915. The van der Waals surface area contributed by atoms with E-state index in [1.807, 2.05) is 19.1 Å². The average molecular weight is 164 g/mol. The fourth-order valence-corrected chi connectivity index (χ4v) is 0.934. The van der Waals surface area contributed by atoms with E-state index in [4.69, 9.17) is 5.11 Å². The van der Waals surface area contributed by atoms with E-state index in [0.717, 1.165) is 5.69 Å². The number of hydrogen-bond donors (Lipinski definition) is 1. The Kier molecular flexibility index (Phi) is 2.24. The molecule has 3 nitrogen and oxygen atoms in total. The largest absolute Gasteiger partial charge is 0.473 e. The van der Waals surface area contributed by atoms with Gasteiger partial charge in [0, 0.05) is 19.1 Å². The van der Waals surface area contributed by atoms with E-state index < -0.39 is 5.97 Å². The van der Waals surface area contributed by atoms with Crippen LogP contribution in [0, 0.1) is 6.92 Å². The number of hydrogen-bond acceptors (Lipinski definition) is 1. The van der Waals surface area contributed by atoms with Gasteiger partial charge in [0.15, 0.2) is 11.9 Å². The van der Waals surface area contributed by atoms with Gasteiger partial charge in [-0.1, -0.05) is 6.07 Å². The molecule has 0 saturated heterocycles. The summed E-state index contributed by atoms with van der Waals surface area (Å²) >= 11 is 0. The van der Waals surface area contributed by atoms with Crippen molar-refractivity contribution in [2.75, 3.05) is 0 Å². The Balaban J connectivity index is 3.11. The Bertz CT molecular complexity index is 331. The molecule has 0 aliphatic carbocycles. The van der Waals surface area contributed by atoms with Crippen LogP contribution in [0.25, 0.3) is 5.70 Å². The minimum absolute atomic E-state index is 0.0631. The molecule has 1 N–H and O–H groups in total. The Morgan fingerprint density at radius 2 is 2.25 bits per heavy atom. The number of pyridine rings is 1. The molecule has 0 unspecified atom stereocenters. The SMILES string of the molecule is C=C(C(=O)O)[n+]1ccccc1C. The minimum atomic E-state index is -1.01. The lowest BCUT2D eigenvalue weighted by molar-refractivity contribution is -0.585. The predicted octanol–water partition coefficient (Wildman–Crippen LogP) is 0.838. The summed E-state index contributed by atoms with van der Waals surface area (Å²) in [4.78, 5) is 10.5. The van der Waals surface area contributed by atoms with Crippen LogP contribution < -0.4 is 4.57 Å². The van der Waals surface area contributed by atoms with Gasteiger partial charge in [0.2, 0.25) is 0 Å². The van der Waals surface area contributed by atoms with E-state index in [9.17, 15) is 4.79 Å². The molecule has 0 radical (unpaired) electrons. The molecular formula is C9H10NO2+. The van der Waals surface area contributed by atoms with Crippen molar-refractivity contribution in [2.24, 2.45) is 0 Å². The van der Waals surface area contributed by atoms with Gasteiger partial charge in [-0.2, -0.15) is 4.57 Å². The number of aliphatic carboxylic acids is 1. The molecule has 0 saturated carbocycles. The van der Waals surface area contributed by atoms with Crippen LogP contribution in [0.4, 0.5) is 0 Å². The Hall–Kier alpha value is -1.64. The van der Waals surface area contributed by atoms with E-state index in [2.05, 4.69) is 6.58 Å². The molecule has 3 heteroatoms. The molecule has 1 rings (SSSR count). The standard InChI is InChI=1S/C9H9NO2/c1-7-5-3-4-6-10(7)8(2)9(11)12/h3-6H,2H2,1H3/p+1. The first-order valence-electron chi connectivity index (χ1n) is 3.53.